The Morgan fingerprint density at radius 1 is 1.15 bits per heavy atom. The molecule has 268 valence electrons. The minimum Gasteiger partial charge on any atom is -0.508 e. The number of fused-ring (bicyclic) bond motifs is 5. The Kier molecular flexibility index (Phi) is 8.59. The molecule has 0 spiro atoms. The molecule has 0 saturated carbocycles. The third-order valence-electron chi connectivity index (χ3n) is 11.0. The van der Waals surface area contributed by atoms with Crippen LogP contribution in [0.15, 0.2) is 24.3 Å². The van der Waals surface area contributed by atoms with E-state index in [1.807, 2.05) is 0 Å². The molecule has 4 aliphatic heterocycles. The zero-order valence-electron chi connectivity index (χ0n) is 29.0. The lowest BCUT2D eigenvalue weighted by Crippen LogP contribution is -2.51. The number of nitrogens with zero attached hydrogens (tertiary/aromatic N) is 6. The Morgan fingerprint density at radius 2 is 1.94 bits per heavy atom. The molecular formula is C39H38F3N7O3. The molecule has 0 aliphatic carbocycles. The molecule has 4 saturated heterocycles. The maximum Gasteiger partial charge on any atom is 0.319 e. The molecule has 4 fully saturated rings. The maximum atomic E-state index is 17.4. The van der Waals surface area contributed by atoms with Crippen LogP contribution in [0.25, 0.3) is 32.9 Å². The van der Waals surface area contributed by atoms with Gasteiger partial charge < -0.3 is 25.0 Å². The molecule has 2 aromatic carbocycles. The van der Waals surface area contributed by atoms with E-state index in [1.165, 1.54) is 36.1 Å². The summed E-state index contributed by atoms with van der Waals surface area (Å²) >= 11 is 0. The van der Waals surface area contributed by atoms with Crippen LogP contribution in [0.3, 0.4) is 0 Å². The predicted octanol–water partition coefficient (Wildman–Crippen LogP) is 4.54. The van der Waals surface area contributed by atoms with Crippen molar-refractivity contribution < 1.29 is 27.8 Å². The number of hydrogen-bond donors (Lipinski definition) is 2. The number of aromatic nitrogens is 3. The highest BCUT2D eigenvalue weighted by Crippen LogP contribution is 2.42. The number of amides is 1. The molecule has 2 bridgehead atoms. The summed E-state index contributed by atoms with van der Waals surface area (Å²) in [7, 11) is 1.61. The molecule has 4 atom stereocenters. The van der Waals surface area contributed by atoms with Gasteiger partial charge in [0.05, 0.1) is 23.0 Å². The fourth-order valence-electron chi connectivity index (χ4n) is 8.42. The summed E-state index contributed by atoms with van der Waals surface area (Å²) < 4.78 is 53.4. The van der Waals surface area contributed by atoms with Crippen molar-refractivity contribution in [3.05, 3.63) is 47.2 Å². The van der Waals surface area contributed by atoms with Crippen molar-refractivity contribution >= 4 is 33.4 Å². The topological polar surface area (TPSA) is 107 Å². The van der Waals surface area contributed by atoms with Gasteiger partial charge >= 0.3 is 6.01 Å². The maximum absolute atomic E-state index is 17.4. The van der Waals surface area contributed by atoms with Gasteiger partial charge in [-0.15, -0.1) is 6.42 Å². The number of phenols is 1. The van der Waals surface area contributed by atoms with Crippen molar-refractivity contribution in [1.82, 2.24) is 30.1 Å². The van der Waals surface area contributed by atoms with Gasteiger partial charge in [-0.3, -0.25) is 9.69 Å². The van der Waals surface area contributed by atoms with E-state index < -0.39 is 23.3 Å². The van der Waals surface area contributed by atoms with E-state index in [1.54, 1.807) is 7.05 Å². The Balaban J connectivity index is 1.36. The molecule has 2 aromatic heterocycles. The number of rotatable bonds is 6. The third kappa shape index (κ3) is 5.92. The van der Waals surface area contributed by atoms with Gasteiger partial charge in [0.1, 0.15) is 47.1 Å². The molecule has 2 N–H and O–H groups in total. The van der Waals surface area contributed by atoms with E-state index in [0.29, 0.717) is 37.3 Å². The Bertz CT molecular complexity index is 2220. The van der Waals surface area contributed by atoms with E-state index in [2.05, 4.69) is 37.9 Å². The SMILES string of the molecule is C#Cc1c(F)ccc2cc(O)cc(-c3nc(C#CCN(C)C(C)=O)c4c(N5CC6CCC(C5)N6)nc(OC[C@@]56CCCN5C[C@H](F)C6)nc4c3F)c12. The summed E-state index contributed by atoms with van der Waals surface area (Å²) in [5.41, 5.74) is -0.824. The number of pyridine rings is 1. The van der Waals surface area contributed by atoms with Crippen LogP contribution in [0.5, 0.6) is 11.8 Å². The number of anilines is 1. The summed E-state index contributed by atoms with van der Waals surface area (Å²) in [5, 5.41) is 15.2. The standard InChI is InChI=1S/C39H38F3N7O3/c1-4-28-30(41)11-8-23-15-27(51)16-29(32(23)28)35-34(42)36-33(31(44-35)7-5-13-47(3)22(2)50)37(48-19-25-9-10-26(20-48)43-25)46-38(45-36)52-21-39-12-6-14-49(39)18-24(40)17-39/h1,8,11,15-16,24-26,43,51H,6,9-10,12-14,17-21H2,2-3H3/t24-,25?,26?,39+/m1/s1. The lowest BCUT2D eigenvalue weighted by molar-refractivity contribution is -0.126. The van der Waals surface area contributed by atoms with Gasteiger partial charge in [-0.1, -0.05) is 17.9 Å². The van der Waals surface area contributed by atoms with Crippen molar-refractivity contribution in [2.24, 2.45) is 0 Å². The smallest absolute Gasteiger partial charge is 0.319 e. The summed E-state index contributed by atoms with van der Waals surface area (Å²) in [6, 6.07) is 5.68. The number of nitrogens with one attached hydrogen (secondary N) is 1. The molecule has 13 heteroatoms. The van der Waals surface area contributed by atoms with Gasteiger partial charge in [-0.25, -0.2) is 18.2 Å². The van der Waals surface area contributed by atoms with Crippen molar-refractivity contribution in [2.45, 2.75) is 62.8 Å². The highest BCUT2D eigenvalue weighted by Gasteiger charge is 2.49. The number of halogens is 3. The number of terminal acetylenes is 1. The van der Waals surface area contributed by atoms with Crippen LogP contribution in [0.1, 0.15) is 50.3 Å². The second kappa shape index (κ2) is 13.1. The number of alkyl halides is 1. The minimum atomic E-state index is -0.961. The van der Waals surface area contributed by atoms with Crippen LogP contribution in [0.2, 0.25) is 0 Å². The first-order chi connectivity index (χ1) is 25.0. The third-order valence-corrected chi connectivity index (χ3v) is 11.0. The van der Waals surface area contributed by atoms with Crippen LogP contribution in [0.4, 0.5) is 19.0 Å². The van der Waals surface area contributed by atoms with Gasteiger partial charge in [-0.2, -0.15) is 9.97 Å². The second-order valence-electron chi connectivity index (χ2n) is 14.4. The number of ether oxygens (including phenoxy) is 1. The highest BCUT2D eigenvalue weighted by atomic mass is 19.1. The Hall–Kier alpha value is -5.11. The molecule has 52 heavy (non-hydrogen) atoms. The molecule has 0 radical (unpaired) electrons. The van der Waals surface area contributed by atoms with Crippen LogP contribution < -0.4 is 15.0 Å². The monoisotopic (exact) mass is 709 g/mol. The van der Waals surface area contributed by atoms with E-state index >= 15 is 8.78 Å². The van der Waals surface area contributed by atoms with Crippen molar-refractivity contribution in [3.8, 4) is 47.2 Å². The fourth-order valence-corrected chi connectivity index (χ4v) is 8.42. The van der Waals surface area contributed by atoms with Gasteiger partial charge in [-0.05, 0) is 61.7 Å². The number of piperazine rings is 1. The molecule has 8 rings (SSSR count). The summed E-state index contributed by atoms with van der Waals surface area (Å²) in [4.78, 5) is 31.9. The van der Waals surface area contributed by atoms with Crippen molar-refractivity contribution in [3.63, 3.8) is 0 Å². The summed E-state index contributed by atoms with van der Waals surface area (Å²) in [6.07, 6.45) is 8.79. The van der Waals surface area contributed by atoms with Crippen LogP contribution >= 0.6 is 0 Å². The van der Waals surface area contributed by atoms with Crippen LogP contribution in [-0.4, -0.2) is 106 Å². The lowest BCUT2D eigenvalue weighted by Gasteiger charge is -2.35. The Morgan fingerprint density at radius 3 is 2.69 bits per heavy atom. The normalized spacial score (nSPS) is 23.8. The first-order valence-electron chi connectivity index (χ1n) is 17.6. The molecular weight excluding hydrogens is 671 g/mol. The second-order valence-corrected chi connectivity index (χ2v) is 14.4. The highest BCUT2D eigenvalue weighted by molar-refractivity contribution is 6.04. The largest absolute Gasteiger partial charge is 0.508 e. The van der Waals surface area contributed by atoms with Gasteiger partial charge in [0.15, 0.2) is 5.82 Å². The zero-order chi connectivity index (χ0) is 36.3. The van der Waals surface area contributed by atoms with E-state index in [0.717, 1.165) is 32.2 Å². The minimum absolute atomic E-state index is 0.0500. The summed E-state index contributed by atoms with van der Waals surface area (Å²) in [6.45, 7) is 3.94. The van der Waals surface area contributed by atoms with Gasteiger partial charge in [0, 0.05) is 63.1 Å². The van der Waals surface area contributed by atoms with E-state index in [9.17, 15) is 14.3 Å². The number of benzene rings is 2. The fraction of sp³-hybridized carbons (Fsp3) is 0.436. The number of aromatic hydroxyl groups is 1. The number of hydrogen-bond acceptors (Lipinski definition) is 9. The number of phenolic OH excluding ortho intramolecular Hbond substituents is 1. The molecule has 4 aliphatic rings. The lowest BCUT2D eigenvalue weighted by atomic mass is 9.95. The zero-order valence-corrected chi connectivity index (χ0v) is 29.0. The van der Waals surface area contributed by atoms with Crippen LogP contribution in [0, 0.1) is 35.8 Å². The average Bonchev–Trinajstić information content (AvgIpc) is 3.77. The van der Waals surface area contributed by atoms with Crippen molar-refractivity contribution in [1.29, 1.82) is 0 Å². The molecule has 10 nitrogen and oxygen atoms in total. The Labute approximate surface area is 299 Å². The molecule has 6 heterocycles. The molecule has 4 aromatic rings. The quantitative estimate of drug-likeness (QED) is 0.280. The number of carbonyl (C=O) groups excluding carboxylic acids is 1. The average molecular weight is 710 g/mol. The van der Waals surface area contributed by atoms with Gasteiger partial charge in [0.2, 0.25) is 5.91 Å². The molecule has 1 amide bonds. The van der Waals surface area contributed by atoms with E-state index in [-0.39, 0.29) is 81.7 Å². The summed E-state index contributed by atoms with van der Waals surface area (Å²) in [5.74, 6) is 6.86. The predicted molar refractivity (Wildman–Crippen MR) is 191 cm³/mol. The van der Waals surface area contributed by atoms with Crippen molar-refractivity contribution in [2.75, 3.05) is 51.3 Å². The first kappa shape index (κ1) is 34.0. The molecule has 2 unspecified atom stereocenters. The van der Waals surface area contributed by atoms with Crippen LogP contribution in [-0.2, 0) is 4.79 Å². The number of carbonyl (C=O) groups is 1. The van der Waals surface area contributed by atoms with E-state index in [4.69, 9.17) is 21.1 Å². The first-order valence-corrected chi connectivity index (χ1v) is 17.6. The van der Waals surface area contributed by atoms with Gasteiger partial charge in [0.25, 0.3) is 0 Å².